The van der Waals surface area contributed by atoms with Crippen molar-refractivity contribution in [3.63, 3.8) is 0 Å². The van der Waals surface area contributed by atoms with Crippen molar-refractivity contribution >= 4 is 23.3 Å². The standard InChI is InChI=1S/C22H22F3N3O3/c1-2-14-3-7-17(8-4-14)28-12-15-11-27(13-19(15)20(28)29)21(30)26-16-5-9-18(10-6-16)31-22(23,24)25/h3-10,15,19H,2,11-13H2,1H3,(H,26,30)/t15-,19-/m1/s1. The Morgan fingerprint density at radius 2 is 1.74 bits per heavy atom. The van der Waals surface area contributed by atoms with Gasteiger partial charge in [0.15, 0.2) is 0 Å². The van der Waals surface area contributed by atoms with Gasteiger partial charge in [0.05, 0.1) is 5.92 Å². The molecule has 31 heavy (non-hydrogen) atoms. The molecule has 6 nitrogen and oxygen atoms in total. The van der Waals surface area contributed by atoms with Gasteiger partial charge in [-0.1, -0.05) is 19.1 Å². The van der Waals surface area contributed by atoms with E-state index in [1.165, 1.54) is 17.7 Å². The SMILES string of the molecule is CCc1ccc(N2C[C@H]3CN(C(=O)Nc4ccc(OC(F)(F)F)cc4)C[C@H]3C2=O)cc1. The molecule has 3 amide bonds. The van der Waals surface area contributed by atoms with E-state index in [1.54, 1.807) is 9.80 Å². The number of likely N-dealkylation sites (tertiary alicyclic amines) is 1. The first-order chi connectivity index (χ1) is 14.7. The van der Waals surface area contributed by atoms with Crippen LogP contribution >= 0.6 is 0 Å². The van der Waals surface area contributed by atoms with Crippen molar-refractivity contribution in [2.75, 3.05) is 29.9 Å². The minimum Gasteiger partial charge on any atom is -0.406 e. The van der Waals surface area contributed by atoms with E-state index < -0.39 is 6.36 Å². The normalized spacial score (nSPS) is 20.7. The number of halogens is 3. The van der Waals surface area contributed by atoms with Crippen LogP contribution in [0, 0.1) is 11.8 Å². The number of amides is 3. The summed E-state index contributed by atoms with van der Waals surface area (Å²) in [5.41, 5.74) is 2.42. The molecule has 2 saturated heterocycles. The van der Waals surface area contributed by atoms with Crippen LogP contribution in [0.5, 0.6) is 5.75 Å². The predicted molar refractivity (Wildman–Crippen MR) is 109 cm³/mol. The van der Waals surface area contributed by atoms with Crippen LogP contribution in [0.1, 0.15) is 12.5 Å². The maximum atomic E-state index is 12.9. The van der Waals surface area contributed by atoms with Gasteiger partial charge in [0.25, 0.3) is 0 Å². The second-order valence-electron chi connectivity index (χ2n) is 7.74. The Labute approximate surface area is 177 Å². The number of urea groups is 1. The lowest BCUT2D eigenvalue weighted by molar-refractivity contribution is -0.274. The Hall–Kier alpha value is -3.23. The van der Waals surface area contributed by atoms with Crippen molar-refractivity contribution in [1.82, 2.24) is 4.90 Å². The molecule has 2 aromatic rings. The molecule has 0 aliphatic carbocycles. The van der Waals surface area contributed by atoms with Crippen LogP contribution in [0.15, 0.2) is 48.5 Å². The third-order valence-corrected chi connectivity index (χ3v) is 5.72. The van der Waals surface area contributed by atoms with Crippen molar-refractivity contribution < 1.29 is 27.5 Å². The van der Waals surface area contributed by atoms with Crippen LogP contribution in [0.4, 0.5) is 29.3 Å². The van der Waals surface area contributed by atoms with Crippen LogP contribution in [0.2, 0.25) is 0 Å². The molecule has 2 heterocycles. The zero-order valence-corrected chi connectivity index (χ0v) is 16.9. The molecule has 0 saturated carbocycles. The number of hydrogen-bond acceptors (Lipinski definition) is 3. The highest BCUT2D eigenvalue weighted by Crippen LogP contribution is 2.35. The molecule has 0 radical (unpaired) electrons. The zero-order chi connectivity index (χ0) is 22.2. The van der Waals surface area contributed by atoms with Crippen LogP contribution in [0.3, 0.4) is 0 Å². The van der Waals surface area contributed by atoms with E-state index >= 15 is 0 Å². The Bertz CT molecular complexity index is 961. The summed E-state index contributed by atoms with van der Waals surface area (Å²) in [5, 5.41) is 2.66. The molecule has 2 aliphatic heterocycles. The quantitative estimate of drug-likeness (QED) is 0.783. The molecule has 2 aliphatic rings. The number of anilines is 2. The Morgan fingerprint density at radius 1 is 1.06 bits per heavy atom. The molecule has 2 atom stereocenters. The van der Waals surface area contributed by atoms with Gasteiger partial charge in [0.1, 0.15) is 5.75 Å². The fourth-order valence-corrected chi connectivity index (χ4v) is 4.11. The van der Waals surface area contributed by atoms with Crippen LogP contribution in [-0.4, -0.2) is 42.8 Å². The number of ether oxygens (including phenoxy) is 1. The first-order valence-electron chi connectivity index (χ1n) is 10.1. The summed E-state index contributed by atoms with van der Waals surface area (Å²) in [6.45, 7) is 3.39. The number of nitrogens with one attached hydrogen (secondary N) is 1. The van der Waals surface area contributed by atoms with Gasteiger partial charge in [-0.05, 0) is 48.4 Å². The Morgan fingerprint density at radius 3 is 2.32 bits per heavy atom. The fraction of sp³-hybridized carbons (Fsp3) is 0.364. The summed E-state index contributed by atoms with van der Waals surface area (Å²) in [6.07, 6.45) is -3.84. The number of nitrogens with zero attached hydrogens (tertiary/aromatic N) is 2. The van der Waals surface area contributed by atoms with Gasteiger partial charge in [-0.15, -0.1) is 13.2 Å². The monoisotopic (exact) mass is 433 g/mol. The Kier molecular flexibility index (Phi) is 5.51. The van der Waals surface area contributed by atoms with E-state index in [0.717, 1.165) is 24.2 Å². The number of hydrogen-bond donors (Lipinski definition) is 1. The first-order valence-corrected chi connectivity index (χ1v) is 10.1. The predicted octanol–water partition coefficient (Wildman–Crippen LogP) is 4.27. The minimum absolute atomic E-state index is 0.0122. The molecule has 164 valence electrons. The van der Waals surface area contributed by atoms with Gasteiger partial charge in [-0.3, -0.25) is 4.79 Å². The van der Waals surface area contributed by atoms with E-state index in [0.29, 0.717) is 25.3 Å². The molecule has 0 unspecified atom stereocenters. The average Bonchev–Trinajstić information content (AvgIpc) is 3.28. The Balaban J connectivity index is 1.34. The third-order valence-electron chi connectivity index (χ3n) is 5.72. The van der Waals surface area contributed by atoms with Gasteiger partial charge in [-0.2, -0.15) is 0 Å². The first kappa shape index (κ1) is 21.0. The summed E-state index contributed by atoms with van der Waals surface area (Å²) in [5.74, 6) is -0.553. The molecule has 0 spiro atoms. The van der Waals surface area contributed by atoms with Crippen molar-refractivity contribution in [2.24, 2.45) is 11.8 Å². The van der Waals surface area contributed by atoms with Crippen molar-refractivity contribution in [2.45, 2.75) is 19.7 Å². The fourth-order valence-electron chi connectivity index (χ4n) is 4.11. The van der Waals surface area contributed by atoms with Gasteiger partial charge < -0.3 is 19.9 Å². The second kappa shape index (κ2) is 8.13. The topological polar surface area (TPSA) is 61.9 Å². The number of alkyl halides is 3. The maximum Gasteiger partial charge on any atom is 0.573 e. The minimum atomic E-state index is -4.77. The molecule has 0 aromatic heterocycles. The van der Waals surface area contributed by atoms with E-state index in [2.05, 4.69) is 17.0 Å². The third kappa shape index (κ3) is 4.60. The number of carbonyl (C=O) groups is 2. The molecular formula is C22H22F3N3O3. The lowest BCUT2D eigenvalue weighted by atomic mass is 10.0. The molecular weight excluding hydrogens is 411 g/mol. The summed E-state index contributed by atoms with van der Waals surface area (Å²) < 4.78 is 40.5. The largest absolute Gasteiger partial charge is 0.573 e. The molecule has 4 rings (SSSR count). The van der Waals surface area contributed by atoms with Gasteiger partial charge >= 0.3 is 12.4 Å². The lowest BCUT2D eigenvalue weighted by Gasteiger charge is -2.22. The number of rotatable bonds is 4. The maximum absolute atomic E-state index is 12.9. The van der Waals surface area contributed by atoms with Crippen LogP contribution < -0.4 is 15.0 Å². The highest BCUT2D eigenvalue weighted by Gasteiger charge is 2.47. The van der Waals surface area contributed by atoms with E-state index in [-0.39, 0.29) is 29.5 Å². The highest BCUT2D eigenvalue weighted by molar-refractivity contribution is 5.99. The molecule has 2 fully saturated rings. The number of aryl methyl sites for hydroxylation is 1. The van der Waals surface area contributed by atoms with E-state index in [4.69, 9.17) is 0 Å². The number of benzene rings is 2. The van der Waals surface area contributed by atoms with Crippen molar-refractivity contribution in [3.05, 3.63) is 54.1 Å². The van der Waals surface area contributed by atoms with Gasteiger partial charge in [0.2, 0.25) is 5.91 Å². The van der Waals surface area contributed by atoms with Gasteiger partial charge in [0, 0.05) is 36.9 Å². The molecule has 0 bridgehead atoms. The summed E-state index contributed by atoms with van der Waals surface area (Å²) in [6, 6.07) is 12.5. The summed E-state index contributed by atoms with van der Waals surface area (Å²) >= 11 is 0. The van der Waals surface area contributed by atoms with E-state index in [9.17, 15) is 22.8 Å². The lowest BCUT2D eigenvalue weighted by Crippen LogP contribution is -2.37. The summed E-state index contributed by atoms with van der Waals surface area (Å²) in [7, 11) is 0. The molecule has 2 aromatic carbocycles. The van der Waals surface area contributed by atoms with Crippen molar-refractivity contribution in [3.8, 4) is 5.75 Å². The number of carbonyl (C=O) groups excluding carboxylic acids is 2. The average molecular weight is 433 g/mol. The van der Waals surface area contributed by atoms with Crippen LogP contribution in [0.25, 0.3) is 0 Å². The summed E-state index contributed by atoms with van der Waals surface area (Å²) in [4.78, 5) is 28.8. The van der Waals surface area contributed by atoms with Crippen molar-refractivity contribution in [1.29, 1.82) is 0 Å². The highest BCUT2D eigenvalue weighted by atomic mass is 19.4. The number of fused-ring (bicyclic) bond motifs is 1. The smallest absolute Gasteiger partial charge is 0.406 e. The zero-order valence-electron chi connectivity index (χ0n) is 16.9. The van der Waals surface area contributed by atoms with Crippen LogP contribution in [-0.2, 0) is 11.2 Å². The second-order valence-corrected chi connectivity index (χ2v) is 7.74. The molecule has 9 heteroatoms. The van der Waals surface area contributed by atoms with Gasteiger partial charge in [-0.25, -0.2) is 4.79 Å². The molecule has 1 N–H and O–H groups in total. The van der Waals surface area contributed by atoms with E-state index in [1.807, 2.05) is 24.3 Å².